The lowest BCUT2D eigenvalue weighted by Gasteiger charge is -2.54. The van der Waals surface area contributed by atoms with Crippen LogP contribution in [0.1, 0.15) is 27.8 Å². The fourth-order valence-corrected chi connectivity index (χ4v) is 6.81. The van der Waals surface area contributed by atoms with Crippen molar-refractivity contribution in [3.8, 4) is 5.75 Å². The Balaban J connectivity index is 1.67. The molecular formula is C25H17Cl2NO3. The molecule has 0 unspecified atom stereocenters. The fraction of sp³-hybridized carbons (Fsp3) is 0.200. The molecular weight excluding hydrogens is 433 g/mol. The summed E-state index contributed by atoms with van der Waals surface area (Å²) >= 11 is 14.8. The summed E-state index contributed by atoms with van der Waals surface area (Å²) in [5.74, 6) is -2.80. The number of hydrogen-bond donors (Lipinski definition) is 1. The minimum absolute atomic E-state index is 0.138. The number of phenols is 1. The van der Waals surface area contributed by atoms with Crippen molar-refractivity contribution in [1.82, 2.24) is 0 Å². The van der Waals surface area contributed by atoms with Gasteiger partial charge in [0, 0.05) is 0 Å². The number of imide groups is 1. The summed E-state index contributed by atoms with van der Waals surface area (Å²) in [5, 5.41) is 10.5. The SMILES string of the molecule is Cc1ccc(O)c(N2C(=O)[C@@H]3[C@H](C2=O)C2(Cl)c4ccccc4C3(Cl)c3ccccc32)c1. The van der Waals surface area contributed by atoms with Gasteiger partial charge in [-0.15, -0.1) is 23.2 Å². The Morgan fingerprint density at radius 1 is 0.774 bits per heavy atom. The van der Waals surface area contributed by atoms with E-state index >= 15 is 0 Å². The maximum Gasteiger partial charge on any atom is 0.240 e. The van der Waals surface area contributed by atoms with Gasteiger partial charge in [0.1, 0.15) is 15.5 Å². The van der Waals surface area contributed by atoms with Crippen molar-refractivity contribution in [2.45, 2.75) is 16.7 Å². The van der Waals surface area contributed by atoms with E-state index in [4.69, 9.17) is 23.2 Å². The van der Waals surface area contributed by atoms with Crippen LogP contribution >= 0.6 is 23.2 Å². The summed E-state index contributed by atoms with van der Waals surface area (Å²) in [4.78, 5) is 26.3. The molecule has 1 heterocycles. The van der Waals surface area contributed by atoms with Crippen LogP contribution < -0.4 is 4.90 Å². The number of carbonyl (C=O) groups excluding carboxylic acids is 2. The van der Waals surface area contributed by atoms with Crippen LogP contribution in [0.3, 0.4) is 0 Å². The number of alkyl halides is 2. The molecule has 3 aromatic rings. The van der Waals surface area contributed by atoms with Crippen molar-refractivity contribution in [3.05, 3.63) is 94.5 Å². The van der Waals surface area contributed by atoms with E-state index in [1.165, 1.54) is 6.07 Å². The molecule has 154 valence electrons. The zero-order valence-electron chi connectivity index (χ0n) is 16.5. The summed E-state index contributed by atoms with van der Waals surface area (Å²) in [6.45, 7) is 1.84. The highest BCUT2D eigenvalue weighted by Gasteiger charge is 2.73. The third kappa shape index (κ3) is 2.03. The summed E-state index contributed by atoms with van der Waals surface area (Å²) in [5.41, 5.74) is 3.99. The van der Waals surface area contributed by atoms with Gasteiger partial charge in [0.15, 0.2) is 0 Å². The van der Waals surface area contributed by atoms with Gasteiger partial charge in [-0.2, -0.15) is 0 Å². The number of rotatable bonds is 1. The molecule has 3 aromatic carbocycles. The Bertz CT molecular complexity index is 1200. The average molecular weight is 450 g/mol. The van der Waals surface area contributed by atoms with E-state index in [-0.39, 0.29) is 11.4 Å². The number of amides is 2. The topological polar surface area (TPSA) is 57.6 Å². The normalized spacial score (nSPS) is 30.2. The second kappa shape index (κ2) is 5.90. The zero-order valence-corrected chi connectivity index (χ0v) is 18.0. The van der Waals surface area contributed by atoms with Crippen molar-refractivity contribution in [3.63, 3.8) is 0 Å². The van der Waals surface area contributed by atoms with Crippen molar-refractivity contribution in [1.29, 1.82) is 0 Å². The maximum atomic E-state index is 13.8. The maximum absolute atomic E-state index is 13.8. The monoisotopic (exact) mass is 449 g/mol. The first-order valence-corrected chi connectivity index (χ1v) is 10.8. The molecule has 0 spiro atoms. The average Bonchev–Trinajstić information content (AvgIpc) is 3.05. The van der Waals surface area contributed by atoms with Gasteiger partial charge >= 0.3 is 0 Å². The molecule has 1 aliphatic heterocycles. The summed E-state index contributed by atoms with van der Waals surface area (Å²) in [6.07, 6.45) is 0. The molecule has 2 atom stereocenters. The van der Waals surface area contributed by atoms with Crippen LogP contribution in [0.25, 0.3) is 0 Å². The Kier molecular flexibility index (Phi) is 3.60. The van der Waals surface area contributed by atoms with Gasteiger partial charge in [0.05, 0.1) is 17.5 Å². The van der Waals surface area contributed by atoms with Crippen LogP contribution in [0.15, 0.2) is 66.7 Å². The Morgan fingerprint density at radius 3 is 1.61 bits per heavy atom. The number of aromatic hydroxyl groups is 1. The van der Waals surface area contributed by atoms with Crippen LogP contribution in [0, 0.1) is 18.8 Å². The number of aryl methyl sites for hydroxylation is 1. The van der Waals surface area contributed by atoms with Gasteiger partial charge in [-0.3, -0.25) is 9.59 Å². The molecule has 31 heavy (non-hydrogen) atoms. The number of anilines is 1. The second-order valence-electron chi connectivity index (χ2n) is 8.47. The van der Waals surface area contributed by atoms with E-state index < -0.39 is 33.4 Å². The summed E-state index contributed by atoms with van der Waals surface area (Å²) in [7, 11) is 0. The van der Waals surface area contributed by atoms with E-state index in [1.807, 2.05) is 55.5 Å². The smallest absolute Gasteiger partial charge is 0.240 e. The van der Waals surface area contributed by atoms with Gasteiger partial charge in [-0.05, 0) is 46.9 Å². The molecule has 6 heteroatoms. The first-order valence-electron chi connectivity index (χ1n) is 10.1. The number of carbonyl (C=O) groups is 2. The quantitative estimate of drug-likeness (QED) is 0.428. The molecule has 4 aliphatic rings. The predicted molar refractivity (Wildman–Crippen MR) is 118 cm³/mol. The third-order valence-electron chi connectivity index (χ3n) is 6.96. The minimum atomic E-state index is -1.23. The minimum Gasteiger partial charge on any atom is -0.506 e. The lowest BCUT2D eigenvalue weighted by Crippen LogP contribution is -2.57. The number of benzene rings is 3. The van der Waals surface area contributed by atoms with E-state index in [0.29, 0.717) is 0 Å². The first-order chi connectivity index (χ1) is 14.8. The number of nitrogens with zero attached hydrogens (tertiary/aromatic N) is 1. The molecule has 3 aliphatic carbocycles. The Labute approximate surface area is 189 Å². The highest BCUT2D eigenvalue weighted by atomic mass is 35.5. The van der Waals surface area contributed by atoms with E-state index in [0.717, 1.165) is 32.7 Å². The molecule has 1 N–H and O–H groups in total. The number of phenolic OH excluding ortho intramolecular Hbond substituents is 1. The molecule has 0 saturated carbocycles. The summed E-state index contributed by atoms with van der Waals surface area (Å²) < 4.78 is 0. The summed E-state index contributed by atoms with van der Waals surface area (Å²) in [6, 6.07) is 19.8. The predicted octanol–water partition coefficient (Wildman–Crippen LogP) is 4.80. The highest BCUT2D eigenvalue weighted by molar-refractivity contribution is 6.38. The number of hydrogen-bond acceptors (Lipinski definition) is 3. The first kappa shape index (κ1) is 18.9. The molecule has 0 aromatic heterocycles. The van der Waals surface area contributed by atoms with Crippen molar-refractivity contribution >= 4 is 40.7 Å². The molecule has 4 nitrogen and oxygen atoms in total. The molecule has 7 rings (SSSR count). The van der Waals surface area contributed by atoms with Gasteiger partial charge in [0.2, 0.25) is 11.8 Å². The van der Waals surface area contributed by atoms with E-state index in [2.05, 4.69) is 0 Å². The number of halogens is 2. The zero-order chi connectivity index (χ0) is 21.7. The van der Waals surface area contributed by atoms with Crippen LogP contribution in [0.4, 0.5) is 5.69 Å². The third-order valence-corrected chi connectivity index (χ3v) is 8.24. The van der Waals surface area contributed by atoms with Gasteiger partial charge in [-0.25, -0.2) is 4.90 Å². The highest BCUT2D eigenvalue weighted by Crippen LogP contribution is 2.69. The van der Waals surface area contributed by atoms with Crippen LogP contribution in [0.2, 0.25) is 0 Å². The fourth-order valence-electron chi connectivity index (χ4n) is 5.72. The molecule has 2 amide bonds. The van der Waals surface area contributed by atoms with E-state index in [9.17, 15) is 14.7 Å². The van der Waals surface area contributed by atoms with Crippen LogP contribution in [-0.2, 0) is 19.3 Å². The van der Waals surface area contributed by atoms with Crippen molar-refractivity contribution in [2.75, 3.05) is 4.90 Å². The largest absolute Gasteiger partial charge is 0.506 e. The van der Waals surface area contributed by atoms with Gasteiger partial charge < -0.3 is 5.11 Å². The van der Waals surface area contributed by atoms with Gasteiger partial charge in [-0.1, -0.05) is 54.6 Å². The molecule has 0 radical (unpaired) electrons. The Hall–Kier alpha value is -2.82. The van der Waals surface area contributed by atoms with Crippen molar-refractivity contribution < 1.29 is 14.7 Å². The van der Waals surface area contributed by atoms with Crippen LogP contribution in [-0.4, -0.2) is 16.9 Å². The van der Waals surface area contributed by atoms with Crippen molar-refractivity contribution in [2.24, 2.45) is 11.8 Å². The molecule has 1 fully saturated rings. The molecule has 1 saturated heterocycles. The van der Waals surface area contributed by atoms with Gasteiger partial charge in [0.25, 0.3) is 0 Å². The lowest BCUT2D eigenvalue weighted by molar-refractivity contribution is -0.122. The second-order valence-corrected chi connectivity index (χ2v) is 9.67. The van der Waals surface area contributed by atoms with Crippen LogP contribution in [0.5, 0.6) is 5.75 Å². The molecule has 2 bridgehead atoms. The Morgan fingerprint density at radius 2 is 1.19 bits per heavy atom. The van der Waals surface area contributed by atoms with E-state index in [1.54, 1.807) is 12.1 Å². The lowest BCUT2D eigenvalue weighted by atomic mass is 9.54. The standard InChI is InChI=1S/C25H17Cl2NO3/c1-13-10-11-19(29)18(12-13)28-22(30)20-21(23(28)31)25(27)15-7-3-2-6-14(15)24(20,26)16-8-4-5-9-17(16)25/h2-12,20-21,29H,1H3/t20-,21+,24?,25?.